The first kappa shape index (κ1) is 19.2. The van der Waals surface area contributed by atoms with Crippen molar-refractivity contribution in [2.45, 2.75) is 37.0 Å². The van der Waals surface area contributed by atoms with Crippen LogP contribution in [0.1, 0.15) is 32.1 Å². The summed E-state index contributed by atoms with van der Waals surface area (Å²) in [5.74, 6) is 0.421. The van der Waals surface area contributed by atoms with E-state index in [1.165, 1.54) is 22.9 Å². The van der Waals surface area contributed by atoms with Crippen molar-refractivity contribution >= 4 is 27.5 Å². The number of benzene rings is 1. The van der Waals surface area contributed by atoms with Gasteiger partial charge in [0.15, 0.2) is 6.61 Å². The van der Waals surface area contributed by atoms with Crippen LogP contribution in [0.15, 0.2) is 23.1 Å². The van der Waals surface area contributed by atoms with Gasteiger partial charge in [-0.05, 0) is 31.0 Å². The van der Waals surface area contributed by atoms with Crippen molar-refractivity contribution in [2.24, 2.45) is 5.92 Å². The lowest BCUT2D eigenvalue weighted by molar-refractivity contribution is -0.137. The highest BCUT2D eigenvalue weighted by atomic mass is 32.2. The Labute approximate surface area is 164 Å². The Bertz CT molecular complexity index is 872. The summed E-state index contributed by atoms with van der Waals surface area (Å²) in [5.41, 5.74) is 0.364. The molecule has 28 heavy (non-hydrogen) atoms. The lowest BCUT2D eigenvalue weighted by Crippen LogP contribution is -2.52. The smallest absolute Gasteiger partial charge is 0.262 e. The molecule has 9 heteroatoms. The van der Waals surface area contributed by atoms with Crippen molar-refractivity contribution in [2.75, 3.05) is 38.1 Å². The molecule has 1 aliphatic carbocycles. The van der Waals surface area contributed by atoms with E-state index in [1.807, 2.05) is 4.90 Å². The largest absolute Gasteiger partial charge is 0.482 e. The van der Waals surface area contributed by atoms with Crippen molar-refractivity contribution in [1.29, 1.82) is 0 Å². The number of anilines is 1. The van der Waals surface area contributed by atoms with Gasteiger partial charge in [0.05, 0.1) is 10.6 Å². The Balaban J connectivity index is 1.43. The molecule has 4 rings (SSSR count). The molecule has 2 aliphatic heterocycles. The zero-order chi connectivity index (χ0) is 19.7. The second kappa shape index (κ2) is 7.71. The van der Waals surface area contributed by atoms with Crippen molar-refractivity contribution in [3.8, 4) is 5.75 Å². The van der Waals surface area contributed by atoms with Gasteiger partial charge in [-0.3, -0.25) is 9.59 Å². The number of piperazine rings is 1. The van der Waals surface area contributed by atoms with E-state index in [9.17, 15) is 18.0 Å². The molecule has 152 valence electrons. The molecule has 1 aromatic rings. The second-order valence-electron chi connectivity index (χ2n) is 7.56. The van der Waals surface area contributed by atoms with E-state index in [4.69, 9.17) is 4.74 Å². The predicted octanol–water partition coefficient (Wildman–Crippen LogP) is 1.43. The zero-order valence-electron chi connectivity index (χ0n) is 15.7. The van der Waals surface area contributed by atoms with Crippen LogP contribution in [0.3, 0.4) is 0 Å². The fraction of sp³-hybridized carbons (Fsp3) is 0.579. The van der Waals surface area contributed by atoms with E-state index >= 15 is 0 Å². The first-order chi connectivity index (χ1) is 13.4. The molecule has 2 fully saturated rings. The maximum atomic E-state index is 13.0. The number of ether oxygens (including phenoxy) is 1. The molecule has 0 atom stereocenters. The van der Waals surface area contributed by atoms with E-state index < -0.39 is 10.0 Å². The first-order valence-electron chi connectivity index (χ1n) is 9.81. The standard InChI is InChI=1S/C19H25N3O5S/c23-18-13-27-17-7-6-15(12-16(17)20-18)28(25,26)22-10-8-21(9-11-22)19(24)14-4-2-1-3-5-14/h6-7,12,14H,1-5,8-11,13H2,(H,20,23). The average Bonchev–Trinajstić information content (AvgIpc) is 2.73. The summed E-state index contributed by atoms with van der Waals surface area (Å²) >= 11 is 0. The molecule has 2 amide bonds. The highest BCUT2D eigenvalue weighted by molar-refractivity contribution is 7.89. The molecule has 2 heterocycles. The highest BCUT2D eigenvalue weighted by Gasteiger charge is 2.33. The molecule has 8 nitrogen and oxygen atoms in total. The third-order valence-corrected chi connectivity index (χ3v) is 7.62. The zero-order valence-corrected chi connectivity index (χ0v) is 16.5. The number of nitrogens with one attached hydrogen (secondary N) is 1. The van der Waals surface area contributed by atoms with Gasteiger partial charge in [-0.1, -0.05) is 19.3 Å². The van der Waals surface area contributed by atoms with E-state index in [0.717, 1.165) is 25.7 Å². The molecule has 0 spiro atoms. The number of sulfonamides is 1. The van der Waals surface area contributed by atoms with Gasteiger partial charge in [0.1, 0.15) is 5.75 Å². The minimum atomic E-state index is -3.70. The van der Waals surface area contributed by atoms with E-state index in [0.29, 0.717) is 24.5 Å². The predicted molar refractivity (Wildman–Crippen MR) is 102 cm³/mol. The SMILES string of the molecule is O=C1COc2ccc(S(=O)(=O)N3CCN(C(=O)C4CCCCC4)CC3)cc2N1. The highest BCUT2D eigenvalue weighted by Crippen LogP contribution is 2.32. The van der Waals surface area contributed by atoms with E-state index in [1.54, 1.807) is 6.07 Å². The summed E-state index contributed by atoms with van der Waals surface area (Å²) in [6.07, 6.45) is 5.29. The molecule has 1 N–H and O–H groups in total. The summed E-state index contributed by atoms with van der Waals surface area (Å²) in [6, 6.07) is 4.48. The maximum absolute atomic E-state index is 13.0. The summed E-state index contributed by atoms with van der Waals surface area (Å²) in [6.45, 7) is 1.32. The lowest BCUT2D eigenvalue weighted by atomic mass is 9.88. The van der Waals surface area contributed by atoms with Crippen LogP contribution >= 0.6 is 0 Å². The third-order valence-electron chi connectivity index (χ3n) is 5.73. The van der Waals surface area contributed by atoms with Crippen LogP contribution in [-0.4, -0.2) is 62.2 Å². The number of amides is 2. The molecule has 1 saturated heterocycles. The Morgan fingerprint density at radius 2 is 1.79 bits per heavy atom. The maximum Gasteiger partial charge on any atom is 0.262 e. The first-order valence-corrected chi connectivity index (χ1v) is 11.2. The lowest BCUT2D eigenvalue weighted by Gasteiger charge is -2.36. The topological polar surface area (TPSA) is 96.0 Å². The molecule has 0 aromatic heterocycles. The number of hydrogen-bond donors (Lipinski definition) is 1. The fourth-order valence-corrected chi connectivity index (χ4v) is 5.58. The monoisotopic (exact) mass is 407 g/mol. The van der Waals surface area contributed by atoms with Gasteiger partial charge in [0.25, 0.3) is 5.91 Å². The number of carbonyl (C=O) groups excluding carboxylic acids is 2. The average molecular weight is 407 g/mol. The molecular formula is C19H25N3O5S. The molecule has 1 aromatic carbocycles. The van der Waals surface area contributed by atoms with Gasteiger partial charge >= 0.3 is 0 Å². The summed E-state index contributed by atoms with van der Waals surface area (Å²) in [7, 11) is -3.70. The Morgan fingerprint density at radius 3 is 2.50 bits per heavy atom. The number of carbonyl (C=O) groups is 2. The Hall–Kier alpha value is -2.13. The van der Waals surface area contributed by atoms with Crippen molar-refractivity contribution in [3.05, 3.63) is 18.2 Å². The molecule has 0 radical (unpaired) electrons. The van der Waals surface area contributed by atoms with Gasteiger partial charge in [-0.15, -0.1) is 0 Å². The van der Waals surface area contributed by atoms with Crippen LogP contribution in [0, 0.1) is 5.92 Å². The van der Waals surface area contributed by atoms with Crippen LogP contribution < -0.4 is 10.1 Å². The summed E-state index contributed by atoms with van der Waals surface area (Å²) in [5, 5.41) is 2.63. The van der Waals surface area contributed by atoms with Crippen LogP contribution in [0.4, 0.5) is 5.69 Å². The normalized spacial score (nSPS) is 21.6. The molecule has 1 saturated carbocycles. The molecule has 0 unspecified atom stereocenters. The van der Waals surface area contributed by atoms with Crippen LogP contribution in [0.2, 0.25) is 0 Å². The number of fused-ring (bicyclic) bond motifs is 1. The summed E-state index contributed by atoms with van der Waals surface area (Å²) < 4.78 is 32.7. The second-order valence-corrected chi connectivity index (χ2v) is 9.50. The minimum absolute atomic E-state index is 0.0733. The van der Waals surface area contributed by atoms with Gasteiger partial charge < -0.3 is 15.0 Å². The molecule has 0 bridgehead atoms. The number of rotatable bonds is 3. The van der Waals surface area contributed by atoms with Gasteiger partial charge in [-0.2, -0.15) is 4.31 Å². The van der Waals surface area contributed by atoms with Gasteiger partial charge in [0.2, 0.25) is 15.9 Å². The van der Waals surface area contributed by atoms with Crippen LogP contribution in [0.25, 0.3) is 0 Å². The van der Waals surface area contributed by atoms with E-state index in [2.05, 4.69) is 5.32 Å². The van der Waals surface area contributed by atoms with Crippen molar-refractivity contribution < 1.29 is 22.7 Å². The Kier molecular flexibility index (Phi) is 5.29. The third kappa shape index (κ3) is 3.73. The summed E-state index contributed by atoms with van der Waals surface area (Å²) in [4.78, 5) is 26.1. The fourth-order valence-electron chi connectivity index (χ4n) is 4.13. The molecular weight excluding hydrogens is 382 g/mol. The van der Waals surface area contributed by atoms with E-state index in [-0.39, 0.29) is 42.3 Å². The van der Waals surface area contributed by atoms with Gasteiger partial charge in [-0.25, -0.2) is 8.42 Å². The van der Waals surface area contributed by atoms with Gasteiger partial charge in [0, 0.05) is 32.1 Å². The minimum Gasteiger partial charge on any atom is -0.482 e. The van der Waals surface area contributed by atoms with Crippen LogP contribution in [0.5, 0.6) is 5.75 Å². The number of nitrogens with zero attached hydrogens (tertiary/aromatic N) is 2. The number of hydrogen-bond acceptors (Lipinski definition) is 5. The quantitative estimate of drug-likeness (QED) is 0.818. The molecule has 3 aliphatic rings. The van der Waals surface area contributed by atoms with Crippen molar-refractivity contribution in [3.63, 3.8) is 0 Å². The Morgan fingerprint density at radius 1 is 1.07 bits per heavy atom. The van der Waals surface area contributed by atoms with Crippen LogP contribution in [-0.2, 0) is 19.6 Å². The van der Waals surface area contributed by atoms with Crippen molar-refractivity contribution in [1.82, 2.24) is 9.21 Å².